The number of hydrogen-bond donors (Lipinski definition) is 0. The van der Waals surface area contributed by atoms with Gasteiger partial charge in [-0.2, -0.15) is 0 Å². The Kier molecular flexibility index (Phi) is 6.40. The molecule has 3 nitrogen and oxygen atoms in total. The van der Waals surface area contributed by atoms with Gasteiger partial charge < -0.3 is 13.6 Å². The van der Waals surface area contributed by atoms with Gasteiger partial charge in [0.25, 0.3) is 0 Å². The van der Waals surface area contributed by atoms with Crippen LogP contribution in [0.5, 0.6) is 0 Å². The minimum atomic E-state index is -0.163. The van der Waals surface area contributed by atoms with Crippen molar-refractivity contribution < 1.29 is 4.42 Å². The van der Waals surface area contributed by atoms with E-state index in [0.29, 0.717) is 0 Å². The second-order valence-electron chi connectivity index (χ2n) is 15.7. The van der Waals surface area contributed by atoms with Crippen molar-refractivity contribution in [3.63, 3.8) is 0 Å². The molecule has 0 saturated heterocycles. The number of furan rings is 1. The molecule has 0 amide bonds. The van der Waals surface area contributed by atoms with E-state index in [9.17, 15) is 0 Å². The van der Waals surface area contributed by atoms with E-state index in [1.165, 1.54) is 83.0 Å². The van der Waals surface area contributed by atoms with Crippen molar-refractivity contribution in [1.82, 2.24) is 9.13 Å². The van der Waals surface area contributed by atoms with Crippen LogP contribution in [-0.4, -0.2) is 9.13 Å². The van der Waals surface area contributed by atoms with Crippen LogP contribution in [0.2, 0.25) is 0 Å². The second-order valence-corrected chi connectivity index (χ2v) is 15.7. The van der Waals surface area contributed by atoms with E-state index >= 15 is 0 Å². The van der Waals surface area contributed by atoms with Crippen molar-refractivity contribution >= 4 is 54.6 Å². The molecule has 0 aliphatic heterocycles. The molecule has 12 rings (SSSR count). The second kappa shape index (κ2) is 11.5. The lowest BCUT2D eigenvalue weighted by Crippen LogP contribution is -2.14. The summed E-state index contributed by atoms with van der Waals surface area (Å²) in [5.74, 6) is 0. The van der Waals surface area contributed by atoms with Crippen LogP contribution in [0.15, 0.2) is 186 Å². The fourth-order valence-corrected chi connectivity index (χ4v) is 9.71. The Hall–Kier alpha value is -7.10. The number of benzene rings is 8. The third kappa shape index (κ3) is 4.34. The van der Waals surface area contributed by atoms with Crippen LogP contribution in [0.1, 0.15) is 25.0 Å². The van der Waals surface area contributed by atoms with Crippen LogP contribution in [-0.2, 0) is 5.41 Å². The van der Waals surface area contributed by atoms with Crippen molar-refractivity contribution in [3.05, 3.63) is 193 Å². The van der Waals surface area contributed by atoms with Gasteiger partial charge in [-0.25, -0.2) is 0 Å². The predicted octanol–water partition coefficient (Wildman–Crippen LogP) is 14.3. The monoisotopic (exact) mass is 716 g/mol. The first kappa shape index (κ1) is 31.3. The summed E-state index contributed by atoms with van der Waals surface area (Å²) >= 11 is 0. The average Bonchev–Trinajstić information content (AvgIpc) is 3.96. The minimum Gasteiger partial charge on any atom is -0.456 e. The number of hydrogen-bond acceptors (Lipinski definition) is 1. The summed E-state index contributed by atoms with van der Waals surface area (Å²) in [5.41, 5.74) is 17.8. The van der Waals surface area contributed by atoms with Gasteiger partial charge in [0.1, 0.15) is 11.2 Å². The molecule has 0 spiro atoms. The summed E-state index contributed by atoms with van der Waals surface area (Å²) in [7, 11) is 0. The lowest BCUT2D eigenvalue weighted by molar-refractivity contribution is 0.666. The van der Waals surface area contributed by atoms with Crippen LogP contribution in [0, 0.1) is 0 Å². The Balaban J connectivity index is 1.02. The van der Waals surface area contributed by atoms with Gasteiger partial charge in [0.2, 0.25) is 0 Å². The van der Waals surface area contributed by atoms with Crippen molar-refractivity contribution in [1.29, 1.82) is 0 Å². The zero-order valence-electron chi connectivity index (χ0n) is 31.1. The molecular weight excluding hydrogens is 681 g/mol. The average molecular weight is 717 g/mol. The van der Waals surface area contributed by atoms with Gasteiger partial charge in [-0.05, 0) is 106 Å². The van der Waals surface area contributed by atoms with Gasteiger partial charge in [0.15, 0.2) is 0 Å². The van der Waals surface area contributed by atoms with Crippen LogP contribution in [0.3, 0.4) is 0 Å². The molecule has 3 aromatic heterocycles. The van der Waals surface area contributed by atoms with Crippen molar-refractivity contribution in [2.24, 2.45) is 0 Å². The third-order valence-corrected chi connectivity index (χ3v) is 12.3. The van der Waals surface area contributed by atoms with E-state index in [-0.39, 0.29) is 5.41 Å². The van der Waals surface area contributed by atoms with E-state index in [2.05, 4.69) is 193 Å². The molecule has 0 saturated carbocycles. The number of rotatable bonds is 4. The number of fused-ring (bicyclic) bond motifs is 11. The Morgan fingerprint density at radius 2 is 0.946 bits per heavy atom. The zero-order valence-corrected chi connectivity index (χ0v) is 31.1. The first-order valence-electron chi connectivity index (χ1n) is 19.4. The van der Waals surface area contributed by atoms with Gasteiger partial charge in [-0.3, -0.25) is 0 Å². The van der Waals surface area contributed by atoms with E-state index in [1.807, 2.05) is 12.1 Å². The van der Waals surface area contributed by atoms with Crippen LogP contribution in [0.25, 0.3) is 99.5 Å². The molecular formula is C53H36N2O. The molecule has 0 fully saturated rings. The van der Waals surface area contributed by atoms with Crippen molar-refractivity contribution in [2.45, 2.75) is 19.3 Å². The Labute approximate surface area is 324 Å². The van der Waals surface area contributed by atoms with Gasteiger partial charge >= 0.3 is 0 Å². The van der Waals surface area contributed by atoms with Crippen molar-refractivity contribution in [3.8, 4) is 44.9 Å². The molecule has 11 aromatic rings. The van der Waals surface area contributed by atoms with Gasteiger partial charge in [-0.15, -0.1) is 0 Å². The quantitative estimate of drug-likeness (QED) is 0.178. The van der Waals surface area contributed by atoms with E-state index in [1.54, 1.807) is 0 Å². The minimum absolute atomic E-state index is 0.163. The summed E-state index contributed by atoms with van der Waals surface area (Å²) in [4.78, 5) is 0. The smallest absolute Gasteiger partial charge is 0.135 e. The highest BCUT2D eigenvalue weighted by Gasteiger charge is 2.40. The summed E-state index contributed by atoms with van der Waals surface area (Å²) < 4.78 is 11.0. The first-order chi connectivity index (χ1) is 27.5. The molecule has 1 aliphatic carbocycles. The fraction of sp³-hybridized carbons (Fsp3) is 0.0566. The van der Waals surface area contributed by atoms with E-state index in [0.717, 1.165) is 27.6 Å². The maximum atomic E-state index is 6.13. The topological polar surface area (TPSA) is 23.0 Å². The summed E-state index contributed by atoms with van der Waals surface area (Å²) in [6.45, 7) is 4.77. The number of para-hydroxylation sites is 3. The number of nitrogens with zero attached hydrogens (tertiary/aromatic N) is 2. The highest BCUT2D eigenvalue weighted by atomic mass is 16.3. The molecule has 3 heterocycles. The molecule has 0 radical (unpaired) electrons. The molecule has 0 bridgehead atoms. The Morgan fingerprint density at radius 1 is 0.393 bits per heavy atom. The maximum absolute atomic E-state index is 6.13. The third-order valence-electron chi connectivity index (χ3n) is 12.3. The first-order valence-corrected chi connectivity index (χ1v) is 19.4. The fourth-order valence-electron chi connectivity index (χ4n) is 9.71. The number of aromatic nitrogens is 2. The van der Waals surface area contributed by atoms with Gasteiger partial charge in [0, 0.05) is 49.3 Å². The molecule has 0 atom stereocenters. The molecule has 0 N–H and O–H groups in total. The largest absolute Gasteiger partial charge is 0.456 e. The molecule has 56 heavy (non-hydrogen) atoms. The summed E-state index contributed by atoms with van der Waals surface area (Å²) in [6.07, 6.45) is 0. The normalized spacial score (nSPS) is 13.3. The van der Waals surface area contributed by atoms with Crippen LogP contribution >= 0.6 is 0 Å². The van der Waals surface area contributed by atoms with E-state index < -0.39 is 0 Å². The summed E-state index contributed by atoms with van der Waals surface area (Å²) in [5, 5.41) is 6.12. The van der Waals surface area contributed by atoms with Crippen LogP contribution < -0.4 is 0 Å². The predicted molar refractivity (Wildman–Crippen MR) is 233 cm³/mol. The molecule has 8 aromatic carbocycles. The molecule has 264 valence electrons. The van der Waals surface area contributed by atoms with Crippen LogP contribution in [0.4, 0.5) is 0 Å². The Morgan fingerprint density at radius 3 is 1.77 bits per heavy atom. The standard InChI is InChI=1S/C53H36N2O/c1-53(2)45-17-9-6-16-41(45)52-51(53)44-32-36(35-22-27-47-42(30-35)39-14-7-10-18-46(39)54(47)37-12-4-3-5-13-37)23-28-48(44)55(52)38-25-20-33(21-26-38)34-24-29-50-43(31-34)40-15-8-11-19-49(40)56-50/h3-32H,1-2H3. The zero-order chi connectivity index (χ0) is 37.1. The lowest BCUT2D eigenvalue weighted by Gasteiger charge is -2.21. The lowest BCUT2D eigenvalue weighted by atomic mass is 9.81. The van der Waals surface area contributed by atoms with Crippen molar-refractivity contribution in [2.75, 3.05) is 0 Å². The molecule has 3 heteroatoms. The highest BCUT2D eigenvalue weighted by Crippen LogP contribution is 2.54. The van der Waals surface area contributed by atoms with Gasteiger partial charge in [-0.1, -0.05) is 123 Å². The Bertz CT molecular complexity index is 3370. The summed E-state index contributed by atoms with van der Waals surface area (Å²) in [6, 6.07) is 66.4. The SMILES string of the molecule is CC1(C)c2ccccc2-c2c1c1cc(-c3ccc4c(c3)c3ccccc3n4-c3ccccc3)ccc1n2-c1ccc(-c2ccc3oc4ccccc4c3c2)cc1. The highest BCUT2D eigenvalue weighted by molar-refractivity contribution is 6.11. The maximum Gasteiger partial charge on any atom is 0.135 e. The molecule has 0 unspecified atom stereocenters. The van der Waals surface area contributed by atoms with Gasteiger partial charge in [0.05, 0.1) is 22.2 Å². The van der Waals surface area contributed by atoms with E-state index in [4.69, 9.17) is 4.42 Å². The molecule has 1 aliphatic rings.